The second-order valence-corrected chi connectivity index (χ2v) is 7.65. The highest BCUT2D eigenvalue weighted by Crippen LogP contribution is 2.23. The van der Waals surface area contributed by atoms with Gasteiger partial charge in [0, 0.05) is 18.1 Å². The maximum absolute atomic E-state index is 13.2. The monoisotopic (exact) mass is 407 g/mol. The molecule has 1 atom stereocenters. The molecule has 0 aromatic heterocycles. The van der Waals surface area contributed by atoms with Gasteiger partial charge in [0.2, 0.25) is 5.91 Å². The molecule has 3 aromatic carbocycles. The number of fused-ring (bicyclic) bond motifs is 1. The first kappa shape index (κ1) is 21.3. The Morgan fingerprint density at radius 2 is 1.63 bits per heavy atom. The minimum Gasteiger partial charge on any atom is -0.331 e. The van der Waals surface area contributed by atoms with Gasteiger partial charge in [0.1, 0.15) is 12.4 Å². The molecule has 0 aliphatic carbocycles. The smallest absolute Gasteiger partial charge is 0.318 e. The zero-order chi connectivity index (χ0) is 21.7. The van der Waals surface area contributed by atoms with E-state index in [9.17, 15) is 14.0 Å². The number of halogens is 1. The van der Waals surface area contributed by atoms with Crippen LogP contribution in [0.25, 0.3) is 10.8 Å². The third-order valence-corrected chi connectivity index (χ3v) is 4.97. The average molecular weight is 407 g/mol. The van der Waals surface area contributed by atoms with E-state index in [0.29, 0.717) is 5.69 Å². The molecule has 0 heterocycles. The summed E-state index contributed by atoms with van der Waals surface area (Å²) in [5.41, 5.74) is 1.52. The molecule has 0 aliphatic heterocycles. The molecule has 0 aliphatic rings. The van der Waals surface area contributed by atoms with Crippen molar-refractivity contribution >= 4 is 28.4 Å². The lowest BCUT2D eigenvalue weighted by atomic mass is 9.96. The molecule has 0 saturated heterocycles. The van der Waals surface area contributed by atoms with Crippen LogP contribution in [-0.4, -0.2) is 30.4 Å². The van der Waals surface area contributed by atoms with Crippen LogP contribution in [0, 0.1) is 11.7 Å². The highest BCUT2D eigenvalue weighted by Gasteiger charge is 2.21. The van der Waals surface area contributed by atoms with Crippen LogP contribution < -0.4 is 10.6 Å². The van der Waals surface area contributed by atoms with E-state index < -0.39 is 0 Å². The normalized spacial score (nSPS) is 11.9. The number of likely N-dealkylation sites (N-methyl/N-ethyl adjacent to an activating group) is 1. The SMILES string of the molecule is CC(C)[C@H](NC(=O)N(C)CC(=O)Nc1cccc2ccccc12)c1ccc(F)cc1. The van der Waals surface area contributed by atoms with Crippen molar-refractivity contribution in [1.29, 1.82) is 0 Å². The fourth-order valence-corrected chi connectivity index (χ4v) is 3.36. The van der Waals surface area contributed by atoms with Crippen LogP contribution >= 0.6 is 0 Å². The first-order valence-corrected chi connectivity index (χ1v) is 9.90. The maximum atomic E-state index is 13.2. The molecule has 0 fully saturated rings. The largest absolute Gasteiger partial charge is 0.331 e. The van der Waals surface area contributed by atoms with E-state index in [4.69, 9.17) is 0 Å². The van der Waals surface area contributed by atoms with Crippen LogP contribution in [0.4, 0.5) is 14.9 Å². The molecular weight excluding hydrogens is 381 g/mol. The quantitative estimate of drug-likeness (QED) is 0.607. The molecule has 5 nitrogen and oxygen atoms in total. The van der Waals surface area contributed by atoms with Crippen molar-refractivity contribution < 1.29 is 14.0 Å². The van der Waals surface area contributed by atoms with Crippen LogP contribution in [0.2, 0.25) is 0 Å². The second kappa shape index (κ2) is 9.39. The molecule has 0 unspecified atom stereocenters. The van der Waals surface area contributed by atoms with Crippen molar-refractivity contribution in [3.63, 3.8) is 0 Å². The number of nitrogens with one attached hydrogen (secondary N) is 2. The summed E-state index contributed by atoms with van der Waals surface area (Å²) in [6.45, 7) is 3.85. The molecule has 3 aromatic rings. The van der Waals surface area contributed by atoms with E-state index in [2.05, 4.69) is 10.6 Å². The topological polar surface area (TPSA) is 61.4 Å². The zero-order valence-corrected chi connectivity index (χ0v) is 17.4. The Morgan fingerprint density at radius 3 is 2.33 bits per heavy atom. The zero-order valence-electron chi connectivity index (χ0n) is 17.4. The second-order valence-electron chi connectivity index (χ2n) is 7.65. The Bertz CT molecular complexity index is 1030. The molecule has 0 saturated carbocycles. The minimum absolute atomic E-state index is 0.0940. The molecule has 2 N–H and O–H groups in total. The van der Waals surface area contributed by atoms with Crippen LogP contribution in [0.15, 0.2) is 66.7 Å². The first-order chi connectivity index (χ1) is 14.3. The van der Waals surface area contributed by atoms with Gasteiger partial charge in [0.15, 0.2) is 0 Å². The number of rotatable bonds is 6. The lowest BCUT2D eigenvalue weighted by molar-refractivity contribution is -0.116. The Hall–Kier alpha value is -3.41. The summed E-state index contributed by atoms with van der Waals surface area (Å²) in [7, 11) is 1.57. The molecule has 0 radical (unpaired) electrons. The fraction of sp³-hybridized carbons (Fsp3) is 0.250. The van der Waals surface area contributed by atoms with Gasteiger partial charge in [0.05, 0.1) is 6.04 Å². The number of hydrogen-bond donors (Lipinski definition) is 2. The van der Waals surface area contributed by atoms with Crippen molar-refractivity contribution in [3.8, 4) is 0 Å². The number of amides is 3. The maximum Gasteiger partial charge on any atom is 0.318 e. The highest BCUT2D eigenvalue weighted by molar-refractivity contribution is 6.03. The van der Waals surface area contributed by atoms with Gasteiger partial charge in [-0.05, 0) is 35.1 Å². The predicted octanol–water partition coefficient (Wildman–Crippen LogP) is 4.96. The van der Waals surface area contributed by atoms with Crippen LogP contribution in [-0.2, 0) is 4.79 Å². The number of benzene rings is 3. The molecule has 0 bridgehead atoms. The molecule has 30 heavy (non-hydrogen) atoms. The standard InChI is InChI=1S/C24H26FN3O2/c1-16(2)23(18-11-13-19(25)14-12-18)27-24(30)28(3)15-22(29)26-21-10-6-8-17-7-4-5-9-20(17)21/h4-14,16,23H,15H2,1-3H3,(H,26,29)(H,27,30)/t23-/m0/s1. The Morgan fingerprint density at radius 1 is 0.967 bits per heavy atom. The Kier molecular flexibility index (Phi) is 6.67. The molecule has 3 amide bonds. The molecular formula is C24H26FN3O2. The highest BCUT2D eigenvalue weighted by atomic mass is 19.1. The first-order valence-electron chi connectivity index (χ1n) is 9.90. The molecule has 0 spiro atoms. The summed E-state index contributed by atoms with van der Waals surface area (Å²) >= 11 is 0. The van der Waals surface area contributed by atoms with E-state index >= 15 is 0 Å². The van der Waals surface area contributed by atoms with Gasteiger partial charge < -0.3 is 15.5 Å². The third kappa shape index (κ3) is 5.14. The van der Waals surface area contributed by atoms with Crippen molar-refractivity contribution in [2.45, 2.75) is 19.9 Å². The summed E-state index contributed by atoms with van der Waals surface area (Å²) in [6.07, 6.45) is 0. The van der Waals surface area contributed by atoms with Crippen molar-refractivity contribution in [3.05, 3.63) is 78.1 Å². The van der Waals surface area contributed by atoms with Crippen molar-refractivity contribution in [2.24, 2.45) is 5.92 Å². The Balaban J connectivity index is 1.64. The number of nitrogens with zero attached hydrogens (tertiary/aromatic N) is 1. The van der Waals surface area contributed by atoms with Crippen molar-refractivity contribution in [1.82, 2.24) is 10.2 Å². The van der Waals surface area contributed by atoms with Crippen molar-refractivity contribution in [2.75, 3.05) is 18.9 Å². The summed E-state index contributed by atoms with van der Waals surface area (Å²) in [6, 6.07) is 18.9. The van der Waals surface area contributed by atoms with E-state index in [0.717, 1.165) is 16.3 Å². The van der Waals surface area contributed by atoms with E-state index in [1.165, 1.54) is 17.0 Å². The van der Waals surface area contributed by atoms with Gasteiger partial charge in [-0.25, -0.2) is 9.18 Å². The molecule has 3 rings (SSSR count). The summed E-state index contributed by atoms with van der Waals surface area (Å²) in [4.78, 5) is 26.5. The number of hydrogen-bond acceptors (Lipinski definition) is 2. The average Bonchev–Trinajstić information content (AvgIpc) is 2.72. The number of carbonyl (C=O) groups excluding carboxylic acids is 2. The fourth-order valence-electron chi connectivity index (χ4n) is 3.36. The summed E-state index contributed by atoms with van der Waals surface area (Å²) in [5.74, 6) is -0.515. The molecule has 156 valence electrons. The lowest BCUT2D eigenvalue weighted by Crippen LogP contribution is -2.44. The van der Waals surface area contributed by atoms with Gasteiger partial charge in [0.25, 0.3) is 0 Å². The van der Waals surface area contributed by atoms with Crippen LogP contribution in [0.5, 0.6) is 0 Å². The number of anilines is 1. The minimum atomic E-state index is -0.369. The van der Waals surface area contributed by atoms with E-state index in [1.54, 1.807) is 19.2 Å². The van der Waals surface area contributed by atoms with Gasteiger partial charge in [-0.1, -0.05) is 62.4 Å². The van der Waals surface area contributed by atoms with Crippen LogP contribution in [0.1, 0.15) is 25.5 Å². The Labute approximate surface area is 175 Å². The summed E-state index contributed by atoms with van der Waals surface area (Å²) < 4.78 is 13.2. The van der Waals surface area contributed by atoms with Gasteiger partial charge >= 0.3 is 6.03 Å². The van der Waals surface area contributed by atoms with Crippen LogP contribution in [0.3, 0.4) is 0 Å². The van der Waals surface area contributed by atoms with Gasteiger partial charge in [-0.15, -0.1) is 0 Å². The predicted molar refractivity (Wildman–Crippen MR) is 118 cm³/mol. The van der Waals surface area contributed by atoms with Gasteiger partial charge in [-0.2, -0.15) is 0 Å². The van der Waals surface area contributed by atoms with E-state index in [1.807, 2.05) is 56.3 Å². The van der Waals surface area contributed by atoms with Gasteiger partial charge in [-0.3, -0.25) is 4.79 Å². The number of carbonyl (C=O) groups is 2. The molecule has 6 heteroatoms. The lowest BCUT2D eigenvalue weighted by Gasteiger charge is -2.26. The van der Waals surface area contributed by atoms with E-state index in [-0.39, 0.29) is 36.3 Å². The number of urea groups is 1. The third-order valence-electron chi connectivity index (χ3n) is 4.97. The summed E-state index contributed by atoms with van der Waals surface area (Å²) in [5, 5.41) is 7.79.